The summed E-state index contributed by atoms with van der Waals surface area (Å²) in [6.07, 6.45) is 2.50. The molecule has 0 spiro atoms. The minimum Gasteiger partial charge on any atom is -0.491 e. The van der Waals surface area contributed by atoms with Crippen molar-refractivity contribution in [1.82, 2.24) is 4.90 Å². The fourth-order valence-electron chi connectivity index (χ4n) is 3.45. The Hall–Kier alpha value is -2.11. The highest BCUT2D eigenvalue weighted by molar-refractivity contribution is 5.80. The van der Waals surface area contributed by atoms with E-state index in [-0.39, 0.29) is 17.6 Å². The zero-order valence-corrected chi connectivity index (χ0v) is 12.8. The Morgan fingerprint density at radius 3 is 2.83 bits per heavy atom. The Morgan fingerprint density at radius 1 is 1.26 bits per heavy atom. The van der Waals surface area contributed by atoms with Gasteiger partial charge < -0.3 is 14.7 Å². The summed E-state index contributed by atoms with van der Waals surface area (Å²) in [6, 6.07) is 4.32. The van der Waals surface area contributed by atoms with Gasteiger partial charge in [-0.05, 0) is 37.5 Å². The maximum atomic E-state index is 13.4. The lowest BCUT2D eigenvalue weighted by atomic mass is 9.80. The summed E-state index contributed by atoms with van der Waals surface area (Å²) in [7, 11) is 0. The Labute approximate surface area is 134 Å². The minimum atomic E-state index is -0.825. The molecular formula is C17H20FNO4. The molecule has 2 unspecified atom stereocenters. The predicted molar refractivity (Wildman–Crippen MR) is 80.4 cm³/mol. The second-order valence-corrected chi connectivity index (χ2v) is 6.26. The first kappa shape index (κ1) is 15.8. The number of fused-ring (bicyclic) bond motifs is 1. The first-order chi connectivity index (χ1) is 11.0. The van der Waals surface area contributed by atoms with Crippen molar-refractivity contribution in [3.05, 3.63) is 29.6 Å². The summed E-state index contributed by atoms with van der Waals surface area (Å²) < 4.78 is 19.0. The lowest BCUT2D eigenvalue weighted by Crippen LogP contribution is -2.39. The zero-order valence-electron chi connectivity index (χ0n) is 12.8. The van der Waals surface area contributed by atoms with Crippen LogP contribution in [0.15, 0.2) is 18.2 Å². The van der Waals surface area contributed by atoms with Gasteiger partial charge in [-0.3, -0.25) is 9.59 Å². The van der Waals surface area contributed by atoms with Gasteiger partial charge in [0.05, 0.1) is 12.5 Å². The van der Waals surface area contributed by atoms with E-state index >= 15 is 0 Å². The lowest BCUT2D eigenvalue weighted by molar-refractivity contribution is -0.145. The highest BCUT2D eigenvalue weighted by atomic mass is 19.1. The van der Waals surface area contributed by atoms with E-state index in [1.165, 1.54) is 12.1 Å². The van der Waals surface area contributed by atoms with Gasteiger partial charge in [-0.1, -0.05) is 6.42 Å². The quantitative estimate of drug-likeness (QED) is 0.908. The summed E-state index contributed by atoms with van der Waals surface area (Å²) in [6.45, 7) is 1.10. The van der Waals surface area contributed by atoms with Crippen LogP contribution in [0.2, 0.25) is 0 Å². The van der Waals surface area contributed by atoms with E-state index in [1.807, 2.05) is 0 Å². The van der Waals surface area contributed by atoms with Gasteiger partial charge >= 0.3 is 5.97 Å². The SMILES string of the molecule is O=C(O)C1CCCC(C(=O)N2CCOc3ccc(F)cc3C2)C1. The van der Waals surface area contributed by atoms with Gasteiger partial charge in [0.1, 0.15) is 18.2 Å². The summed E-state index contributed by atoms with van der Waals surface area (Å²) >= 11 is 0. The third-order valence-corrected chi connectivity index (χ3v) is 4.69. The van der Waals surface area contributed by atoms with Gasteiger partial charge in [0.2, 0.25) is 5.91 Å². The van der Waals surface area contributed by atoms with Gasteiger partial charge in [0.25, 0.3) is 0 Å². The number of ether oxygens (including phenoxy) is 1. The number of aliphatic carboxylic acids is 1. The zero-order chi connectivity index (χ0) is 16.4. The smallest absolute Gasteiger partial charge is 0.306 e. The van der Waals surface area contributed by atoms with Crippen LogP contribution < -0.4 is 4.74 Å². The van der Waals surface area contributed by atoms with Gasteiger partial charge in [-0.25, -0.2) is 4.39 Å². The summed E-state index contributed by atoms with van der Waals surface area (Å²) in [5, 5.41) is 9.17. The molecule has 2 aliphatic rings. The predicted octanol–water partition coefficient (Wildman–Crippen LogP) is 2.44. The molecule has 6 heteroatoms. The van der Waals surface area contributed by atoms with Crippen LogP contribution in [-0.2, 0) is 16.1 Å². The van der Waals surface area contributed by atoms with Crippen molar-refractivity contribution in [3.63, 3.8) is 0 Å². The van der Waals surface area contributed by atoms with E-state index in [0.29, 0.717) is 43.9 Å². The second-order valence-electron chi connectivity index (χ2n) is 6.26. The van der Waals surface area contributed by atoms with E-state index in [0.717, 1.165) is 12.8 Å². The lowest BCUT2D eigenvalue weighted by Gasteiger charge is -2.30. The van der Waals surface area contributed by atoms with Crippen LogP contribution in [0.25, 0.3) is 0 Å². The molecule has 3 rings (SSSR count). The standard InChI is InChI=1S/C17H20FNO4/c18-14-4-5-15-13(9-14)10-19(6-7-23-15)16(20)11-2-1-3-12(8-11)17(21)22/h4-5,9,11-12H,1-3,6-8,10H2,(H,21,22). The van der Waals surface area contributed by atoms with Gasteiger partial charge in [-0.2, -0.15) is 0 Å². The molecule has 1 N–H and O–H groups in total. The third kappa shape index (κ3) is 3.46. The monoisotopic (exact) mass is 321 g/mol. The average Bonchev–Trinajstić information content (AvgIpc) is 2.76. The number of carboxylic acids is 1. The fraction of sp³-hybridized carbons (Fsp3) is 0.529. The molecule has 2 atom stereocenters. The second kappa shape index (κ2) is 6.56. The first-order valence-electron chi connectivity index (χ1n) is 7.97. The van der Waals surface area contributed by atoms with Crippen molar-refractivity contribution in [3.8, 4) is 5.75 Å². The van der Waals surface area contributed by atoms with Gasteiger partial charge in [-0.15, -0.1) is 0 Å². The van der Waals surface area contributed by atoms with Crippen LogP contribution in [0.1, 0.15) is 31.2 Å². The average molecular weight is 321 g/mol. The Balaban J connectivity index is 1.73. The Morgan fingerprint density at radius 2 is 2.04 bits per heavy atom. The number of benzene rings is 1. The molecule has 1 aliphatic heterocycles. The Bertz CT molecular complexity index is 619. The van der Waals surface area contributed by atoms with Crippen molar-refractivity contribution in [1.29, 1.82) is 0 Å². The number of hydrogen-bond donors (Lipinski definition) is 1. The molecule has 5 nitrogen and oxygen atoms in total. The molecule has 0 aromatic heterocycles. The molecule has 1 fully saturated rings. The molecular weight excluding hydrogens is 301 g/mol. The Kier molecular flexibility index (Phi) is 4.50. The first-order valence-corrected chi connectivity index (χ1v) is 7.97. The van der Waals surface area contributed by atoms with Crippen LogP contribution in [0.5, 0.6) is 5.75 Å². The molecule has 1 amide bonds. The highest BCUT2D eigenvalue weighted by Gasteiger charge is 2.34. The van der Waals surface area contributed by atoms with E-state index in [9.17, 15) is 14.0 Å². The molecule has 0 radical (unpaired) electrons. The van der Waals surface area contributed by atoms with Crippen LogP contribution in [-0.4, -0.2) is 35.0 Å². The topological polar surface area (TPSA) is 66.8 Å². The number of halogens is 1. The van der Waals surface area contributed by atoms with Crippen LogP contribution in [0.3, 0.4) is 0 Å². The van der Waals surface area contributed by atoms with E-state index in [4.69, 9.17) is 9.84 Å². The van der Waals surface area contributed by atoms with Crippen LogP contribution in [0.4, 0.5) is 4.39 Å². The molecule has 1 aliphatic carbocycles. The maximum Gasteiger partial charge on any atom is 0.306 e. The summed E-state index contributed by atoms with van der Waals surface area (Å²) in [5.41, 5.74) is 0.654. The molecule has 23 heavy (non-hydrogen) atoms. The number of carbonyl (C=O) groups is 2. The number of amides is 1. The molecule has 124 valence electrons. The van der Waals surface area contributed by atoms with Crippen LogP contribution in [0, 0.1) is 17.7 Å². The van der Waals surface area contributed by atoms with Gasteiger partial charge in [0, 0.05) is 18.0 Å². The fourth-order valence-corrected chi connectivity index (χ4v) is 3.45. The van der Waals surface area contributed by atoms with E-state index < -0.39 is 11.9 Å². The van der Waals surface area contributed by atoms with E-state index in [2.05, 4.69) is 0 Å². The van der Waals surface area contributed by atoms with Crippen molar-refractivity contribution in [2.45, 2.75) is 32.2 Å². The number of rotatable bonds is 2. The number of nitrogens with zero attached hydrogens (tertiary/aromatic N) is 1. The van der Waals surface area contributed by atoms with Crippen molar-refractivity contribution in [2.24, 2.45) is 11.8 Å². The maximum absolute atomic E-state index is 13.4. The van der Waals surface area contributed by atoms with Crippen molar-refractivity contribution in [2.75, 3.05) is 13.2 Å². The molecule has 1 aromatic carbocycles. The van der Waals surface area contributed by atoms with Crippen molar-refractivity contribution < 1.29 is 23.8 Å². The third-order valence-electron chi connectivity index (χ3n) is 4.69. The van der Waals surface area contributed by atoms with Crippen molar-refractivity contribution >= 4 is 11.9 Å². The molecule has 0 saturated heterocycles. The minimum absolute atomic E-state index is 0.0448. The number of carboxylic acid groups (broad SMARTS) is 1. The van der Waals surface area contributed by atoms with E-state index in [1.54, 1.807) is 11.0 Å². The van der Waals surface area contributed by atoms with Gasteiger partial charge in [0.15, 0.2) is 0 Å². The normalized spacial score (nSPS) is 24.3. The summed E-state index contributed by atoms with van der Waals surface area (Å²) in [5.74, 6) is -1.32. The van der Waals surface area contributed by atoms with Crippen LogP contribution >= 0.6 is 0 Å². The largest absolute Gasteiger partial charge is 0.491 e. The summed E-state index contributed by atoms with van der Waals surface area (Å²) in [4.78, 5) is 25.6. The number of hydrogen-bond acceptors (Lipinski definition) is 3. The molecule has 1 saturated carbocycles. The molecule has 1 heterocycles. The molecule has 1 aromatic rings. The molecule has 0 bridgehead atoms. The highest BCUT2D eigenvalue weighted by Crippen LogP contribution is 2.32. The number of carbonyl (C=O) groups excluding carboxylic acids is 1.